The van der Waals surface area contributed by atoms with Gasteiger partial charge in [0, 0.05) is 17.7 Å². The lowest BCUT2D eigenvalue weighted by atomic mass is 9.89. The third-order valence-corrected chi connectivity index (χ3v) is 6.81. The number of benzene rings is 2. The van der Waals surface area contributed by atoms with Crippen LogP contribution in [0.15, 0.2) is 72.8 Å². The van der Waals surface area contributed by atoms with E-state index >= 15 is 0 Å². The van der Waals surface area contributed by atoms with E-state index in [0.29, 0.717) is 16.1 Å². The summed E-state index contributed by atoms with van der Waals surface area (Å²) in [7, 11) is 0. The molecule has 35 heavy (non-hydrogen) atoms. The minimum atomic E-state index is -0.549. The minimum absolute atomic E-state index is 0.0575. The van der Waals surface area contributed by atoms with Gasteiger partial charge >= 0.3 is 5.97 Å². The first-order chi connectivity index (χ1) is 17.0. The molecule has 4 aromatic rings. The van der Waals surface area contributed by atoms with Crippen molar-refractivity contribution >= 4 is 33.6 Å². The van der Waals surface area contributed by atoms with Crippen molar-refractivity contribution in [1.82, 2.24) is 15.3 Å². The number of amides is 1. The van der Waals surface area contributed by atoms with E-state index in [1.165, 1.54) is 17.4 Å². The number of allylic oxidation sites excluding steroid dienone is 2. The average molecular weight is 488 g/mol. The summed E-state index contributed by atoms with van der Waals surface area (Å²) in [5.41, 5.74) is 2.92. The van der Waals surface area contributed by atoms with E-state index in [2.05, 4.69) is 34.6 Å². The van der Waals surface area contributed by atoms with Crippen LogP contribution in [0.5, 0.6) is 0 Å². The largest absolute Gasteiger partial charge is 0.466 e. The molecule has 1 amide bonds. The van der Waals surface area contributed by atoms with E-state index in [4.69, 9.17) is 9.72 Å². The number of pyridine rings is 1. The summed E-state index contributed by atoms with van der Waals surface area (Å²) in [6.45, 7) is 2.12. The molecule has 0 saturated heterocycles. The van der Waals surface area contributed by atoms with Crippen molar-refractivity contribution in [1.29, 1.82) is 0 Å². The van der Waals surface area contributed by atoms with Crippen LogP contribution in [-0.2, 0) is 14.9 Å². The van der Waals surface area contributed by atoms with Crippen LogP contribution >= 0.6 is 11.3 Å². The molecule has 5 rings (SSSR count). The molecular weight excluding hydrogens is 465 g/mol. The highest BCUT2D eigenvalue weighted by Gasteiger charge is 2.39. The molecule has 1 N–H and O–H groups in total. The minimum Gasteiger partial charge on any atom is -0.466 e. The number of aromatic nitrogens is 2. The zero-order valence-corrected chi connectivity index (χ0v) is 19.8. The van der Waals surface area contributed by atoms with E-state index < -0.39 is 17.7 Å². The maximum Gasteiger partial charge on any atom is 0.307 e. The Labute approximate surface area is 205 Å². The van der Waals surface area contributed by atoms with Gasteiger partial charge < -0.3 is 10.1 Å². The van der Waals surface area contributed by atoms with Gasteiger partial charge in [0.05, 0.1) is 24.1 Å². The first kappa shape index (κ1) is 22.9. The second-order valence-corrected chi connectivity index (χ2v) is 9.09. The highest BCUT2D eigenvalue weighted by molar-refractivity contribution is 7.21. The number of hydrogen-bond donors (Lipinski definition) is 1. The Balaban J connectivity index is 1.34. The molecule has 0 aliphatic heterocycles. The van der Waals surface area contributed by atoms with Gasteiger partial charge in [-0.3, -0.25) is 9.59 Å². The zero-order valence-electron chi connectivity index (χ0n) is 19.0. The fraction of sp³-hybridized carbons (Fsp3) is 0.185. The Hall–Kier alpha value is -3.91. The van der Waals surface area contributed by atoms with Gasteiger partial charge in [-0.2, -0.15) is 0 Å². The molecule has 2 aromatic heterocycles. The quantitative estimate of drug-likeness (QED) is 0.278. The van der Waals surface area contributed by atoms with Gasteiger partial charge in [0.1, 0.15) is 21.2 Å². The summed E-state index contributed by atoms with van der Waals surface area (Å²) in [4.78, 5) is 33.8. The number of fused-ring (bicyclic) bond motifs is 1. The molecule has 6 nitrogen and oxygen atoms in total. The highest BCUT2D eigenvalue weighted by Crippen LogP contribution is 2.45. The standard InChI is InChI=1S/C27H22FN3O3S/c1-2-34-23(32)12-15-29-24(33)17-8-9-19(20(28)16-17)25-30-21-10-11-22(31-26(21)35-25)27(13-14-27)18-6-4-3-5-7-18/h3-11,13-14,16H,2,12,15H2,1H3,(H,29,33). The lowest BCUT2D eigenvalue weighted by Gasteiger charge is -2.15. The Morgan fingerprint density at radius 2 is 1.86 bits per heavy atom. The maximum absolute atomic E-state index is 15.0. The number of ether oxygens (including phenoxy) is 1. The molecule has 0 spiro atoms. The smallest absolute Gasteiger partial charge is 0.307 e. The second kappa shape index (κ2) is 9.38. The topological polar surface area (TPSA) is 81.2 Å². The van der Waals surface area contributed by atoms with Crippen LogP contribution in [0, 0.1) is 5.82 Å². The first-order valence-electron chi connectivity index (χ1n) is 11.3. The van der Waals surface area contributed by atoms with E-state index in [9.17, 15) is 14.0 Å². The predicted molar refractivity (Wildman–Crippen MR) is 133 cm³/mol. The molecule has 1 aliphatic carbocycles. The molecule has 0 unspecified atom stereocenters. The summed E-state index contributed by atoms with van der Waals surface area (Å²) in [5, 5.41) is 3.09. The van der Waals surface area contributed by atoms with Crippen molar-refractivity contribution in [3.05, 3.63) is 95.5 Å². The number of carbonyl (C=O) groups excluding carboxylic acids is 2. The van der Waals surface area contributed by atoms with Gasteiger partial charge in [-0.25, -0.2) is 14.4 Å². The monoisotopic (exact) mass is 487 g/mol. The summed E-state index contributed by atoms with van der Waals surface area (Å²) in [6.07, 6.45) is 4.30. The number of esters is 1. The number of nitrogens with zero attached hydrogens (tertiary/aromatic N) is 2. The molecule has 0 radical (unpaired) electrons. The molecule has 0 atom stereocenters. The number of halogens is 1. The predicted octanol–water partition coefficient (Wildman–Crippen LogP) is 5.04. The Morgan fingerprint density at radius 3 is 2.57 bits per heavy atom. The number of hydrogen-bond acceptors (Lipinski definition) is 6. The zero-order chi connectivity index (χ0) is 24.4. The number of thiazole rings is 1. The van der Waals surface area contributed by atoms with E-state index in [1.807, 2.05) is 30.3 Å². The molecule has 2 heterocycles. The number of nitrogens with one attached hydrogen (secondary N) is 1. The molecule has 1 aliphatic rings. The van der Waals surface area contributed by atoms with Gasteiger partial charge in [-0.1, -0.05) is 53.8 Å². The van der Waals surface area contributed by atoms with Gasteiger partial charge in [0.15, 0.2) is 0 Å². The molecular formula is C27H22FN3O3S. The summed E-state index contributed by atoms with van der Waals surface area (Å²) in [6, 6.07) is 18.3. The van der Waals surface area contributed by atoms with Gasteiger partial charge in [0.25, 0.3) is 5.91 Å². The van der Waals surface area contributed by atoms with Gasteiger partial charge in [-0.05, 0) is 42.8 Å². The van der Waals surface area contributed by atoms with E-state index in [1.54, 1.807) is 19.1 Å². The third-order valence-electron chi connectivity index (χ3n) is 5.81. The molecule has 0 fully saturated rings. The fourth-order valence-corrected chi connectivity index (χ4v) is 4.88. The van der Waals surface area contributed by atoms with Crippen molar-refractivity contribution in [3.63, 3.8) is 0 Å². The number of rotatable bonds is 8. The Bertz CT molecular complexity index is 1440. The van der Waals surface area contributed by atoms with Crippen LogP contribution in [-0.4, -0.2) is 35.0 Å². The first-order valence-corrected chi connectivity index (χ1v) is 12.1. The SMILES string of the molecule is CCOC(=O)CCNC(=O)c1ccc(-c2nc3ccc(C4(c5ccccc5)C=C4)nc3s2)c(F)c1. The summed E-state index contributed by atoms with van der Waals surface area (Å²) >= 11 is 1.31. The molecule has 2 aromatic carbocycles. The Kier molecular flexibility index (Phi) is 6.13. The van der Waals surface area contributed by atoms with Gasteiger partial charge in [0.2, 0.25) is 0 Å². The normalized spacial score (nSPS) is 13.5. The Morgan fingerprint density at radius 1 is 1.06 bits per heavy atom. The summed E-state index contributed by atoms with van der Waals surface area (Å²) in [5.74, 6) is -1.40. The molecule has 8 heteroatoms. The van der Waals surface area contributed by atoms with E-state index in [0.717, 1.165) is 16.1 Å². The maximum atomic E-state index is 15.0. The average Bonchev–Trinajstić information content (AvgIpc) is 3.57. The van der Waals surface area contributed by atoms with E-state index in [-0.39, 0.29) is 30.6 Å². The van der Waals surface area contributed by atoms with Gasteiger partial charge in [-0.15, -0.1) is 0 Å². The van der Waals surface area contributed by atoms with Crippen LogP contribution in [0.3, 0.4) is 0 Å². The van der Waals surface area contributed by atoms with Crippen molar-refractivity contribution < 1.29 is 18.7 Å². The molecule has 176 valence electrons. The van der Waals surface area contributed by atoms with Crippen LogP contribution in [0.4, 0.5) is 4.39 Å². The van der Waals surface area contributed by atoms with Crippen LogP contribution in [0.1, 0.15) is 35.0 Å². The van der Waals surface area contributed by atoms with Crippen LogP contribution in [0.25, 0.3) is 20.9 Å². The summed E-state index contributed by atoms with van der Waals surface area (Å²) < 4.78 is 19.8. The second-order valence-electron chi connectivity index (χ2n) is 8.11. The van der Waals surface area contributed by atoms with Crippen LogP contribution < -0.4 is 5.32 Å². The third kappa shape index (κ3) is 4.57. The van der Waals surface area contributed by atoms with Crippen LogP contribution in [0.2, 0.25) is 0 Å². The highest BCUT2D eigenvalue weighted by atomic mass is 32.1. The molecule has 0 saturated carbocycles. The molecule has 0 bridgehead atoms. The lowest BCUT2D eigenvalue weighted by Crippen LogP contribution is -2.26. The van der Waals surface area contributed by atoms with Crippen molar-refractivity contribution in [2.45, 2.75) is 18.8 Å². The lowest BCUT2D eigenvalue weighted by molar-refractivity contribution is -0.142. The number of carbonyl (C=O) groups is 2. The van der Waals surface area contributed by atoms with Crippen molar-refractivity contribution in [2.24, 2.45) is 0 Å². The van der Waals surface area contributed by atoms with Crippen molar-refractivity contribution in [2.75, 3.05) is 13.2 Å². The van der Waals surface area contributed by atoms with Crippen molar-refractivity contribution in [3.8, 4) is 10.6 Å². The fourth-order valence-electron chi connectivity index (χ4n) is 3.91.